The summed E-state index contributed by atoms with van der Waals surface area (Å²) in [7, 11) is 0. The van der Waals surface area contributed by atoms with E-state index >= 15 is 0 Å². The maximum Gasteiger partial charge on any atom is 0.164 e. The van der Waals surface area contributed by atoms with Crippen LogP contribution in [0.15, 0.2) is 394 Å². The van der Waals surface area contributed by atoms with Crippen LogP contribution in [-0.4, -0.2) is 15.0 Å². The van der Waals surface area contributed by atoms with Crippen LogP contribution in [0.3, 0.4) is 0 Å². The molecule has 2 aliphatic rings. The van der Waals surface area contributed by atoms with Gasteiger partial charge >= 0.3 is 0 Å². The molecule has 1 aromatic heterocycles. The summed E-state index contributed by atoms with van der Waals surface area (Å²) in [5.41, 5.74) is 35.8. The second-order valence-electron chi connectivity index (χ2n) is 27.0. The largest absolute Gasteiger partial charge is 0.208 e. The van der Waals surface area contributed by atoms with Crippen LogP contribution in [-0.2, 0) is 5.41 Å². The second kappa shape index (κ2) is 25.7. The SMILES string of the molecule is c1ccc(-c2cccc(-c3cccc(-c4cccc(-c5ccc(-c6nc(-c7cccc(-c8cccc(-c9cccc(-c%10ccccc%10)c9)c8)c7)nc(-c7cccc(-c8cccc(-c9cccc(-c%10ccc%11c(c%10)C%10(c%12ccccc%12-c%12ccccc%12%10)c%10ccccc%10-%11)c9)c8)c7)n6)cc5)c4)c3)c2)cc1. The fourth-order valence-corrected chi connectivity index (χ4v) is 15.9. The highest BCUT2D eigenvalue weighted by Crippen LogP contribution is 2.63. The van der Waals surface area contributed by atoms with E-state index in [0.29, 0.717) is 17.5 Å². The molecule has 0 unspecified atom stereocenters. The Kier molecular flexibility index (Phi) is 15.1. The lowest BCUT2D eigenvalue weighted by Gasteiger charge is -2.30. The highest BCUT2D eigenvalue weighted by atomic mass is 15.0. The number of fused-ring (bicyclic) bond motifs is 10. The van der Waals surface area contributed by atoms with E-state index in [9.17, 15) is 0 Å². The third-order valence-corrected chi connectivity index (χ3v) is 20.9. The van der Waals surface area contributed by atoms with Crippen molar-refractivity contribution in [2.24, 2.45) is 0 Å². The number of rotatable bonds is 13. The fraction of sp³-hybridized carbons (Fsp3) is 0.0100. The van der Waals surface area contributed by atoms with Gasteiger partial charge in [0.1, 0.15) is 0 Å². The minimum Gasteiger partial charge on any atom is -0.208 e. The zero-order valence-electron chi connectivity index (χ0n) is 56.4. The normalized spacial score (nSPS) is 12.2. The zero-order valence-corrected chi connectivity index (χ0v) is 56.4. The summed E-state index contributed by atoms with van der Waals surface area (Å²) < 4.78 is 0. The molecule has 0 aliphatic heterocycles. The van der Waals surface area contributed by atoms with Gasteiger partial charge in [-0.1, -0.05) is 334 Å². The van der Waals surface area contributed by atoms with Gasteiger partial charge in [-0.3, -0.25) is 0 Å². The Morgan fingerprint density at radius 1 is 0.126 bits per heavy atom. The van der Waals surface area contributed by atoms with Gasteiger partial charge in [0.05, 0.1) is 5.41 Å². The maximum absolute atomic E-state index is 5.38. The predicted octanol–water partition coefficient (Wildman–Crippen LogP) is 25.9. The van der Waals surface area contributed by atoms with Crippen LogP contribution in [0.4, 0.5) is 0 Å². The molecule has 0 N–H and O–H groups in total. The van der Waals surface area contributed by atoms with Gasteiger partial charge in [0, 0.05) is 16.7 Å². The van der Waals surface area contributed by atoms with E-state index in [1.165, 1.54) is 89.0 Å². The molecule has 1 heterocycles. The number of aromatic nitrogens is 3. The molecule has 19 rings (SSSR count). The van der Waals surface area contributed by atoms with Gasteiger partial charge < -0.3 is 0 Å². The van der Waals surface area contributed by atoms with Gasteiger partial charge in [0.25, 0.3) is 0 Å². The van der Waals surface area contributed by atoms with Crippen molar-refractivity contribution >= 4 is 0 Å². The molecule has 17 aromatic rings. The average Bonchev–Trinajstić information content (AvgIpc) is 1.51. The Morgan fingerprint density at radius 2 is 0.320 bits per heavy atom. The molecule has 0 saturated heterocycles. The monoisotopic (exact) mass is 1310 g/mol. The summed E-state index contributed by atoms with van der Waals surface area (Å²) >= 11 is 0. The molecule has 0 saturated carbocycles. The minimum absolute atomic E-state index is 0.413. The van der Waals surface area contributed by atoms with E-state index < -0.39 is 5.41 Å². The van der Waals surface area contributed by atoms with Gasteiger partial charge in [-0.05, 0) is 216 Å². The Labute approximate surface area is 600 Å². The van der Waals surface area contributed by atoms with Crippen molar-refractivity contribution < 1.29 is 0 Å². The third-order valence-electron chi connectivity index (χ3n) is 20.9. The van der Waals surface area contributed by atoms with Crippen molar-refractivity contribution in [3.05, 3.63) is 417 Å². The molecule has 0 amide bonds. The lowest BCUT2D eigenvalue weighted by atomic mass is 9.70. The zero-order chi connectivity index (χ0) is 68.2. The van der Waals surface area contributed by atoms with Gasteiger partial charge in [0.2, 0.25) is 0 Å². The highest BCUT2D eigenvalue weighted by molar-refractivity contribution is 5.96. The van der Waals surface area contributed by atoms with Crippen molar-refractivity contribution in [1.29, 1.82) is 0 Å². The topological polar surface area (TPSA) is 38.7 Å². The molecule has 0 bridgehead atoms. The summed E-state index contributed by atoms with van der Waals surface area (Å²) in [6, 6.07) is 143. The smallest absolute Gasteiger partial charge is 0.164 e. The lowest BCUT2D eigenvalue weighted by molar-refractivity contribution is 0.794. The van der Waals surface area contributed by atoms with E-state index in [2.05, 4.69) is 394 Å². The van der Waals surface area contributed by atoms with Gasteiger partial charge in [-0.25, -0.2) is 15.0 Å². The lowest BCUT2D eigenvalue weighted by Crippen LogP contribution is -2.25. The molecule has 3 heteroatoms. The molecule has 2 aliphatic carbocycles. The quantitative estimate of drug-likeness (QED) is 0.115. The van der Waals surface area contributed by atoms with E-state index in [4.69, 9.17) is 15.0 Å². The maximum atomic E-state index is 5.38. The van der Waals surface area contributed by atoms with Crippen molar-refractivity contribution in [2.45, 2.75) is 5.41 Å². The van der Waals surface area contributed by atoms with Crippen LogP contribution in [0.5, 0.6) is 0 Å². The van der Waals surface area contributed by atoms with Gasteiger partial charge in [-0.2, -0.15) is 0 Å². The molecule has 0 fully saturated rings. The molecule has 1 spiro atoms. The van der Waals surface area contributed by atoms with Crippen LogP contribution >= 0.6 is 0 Å². The summed E-state index contributed by atoms with van der Waals surface area (Å²) in [5.74, 6) is 1.77. The third kappa shape index (κ3) is 11.1. The first-order valence-corrected chi connectivity index (χ1v) is 35.3. The van der Waals surface area contributed by atoms with E-state index in [0.717, 1.165) is 83.5 Å². The molecule has 3 nitrogen and oxygen atoms in total. The number of hydrogen-bond acceptors (Lipinski definition) is 3. The summed E-state index contributed by atoms with van der Waals surface area (Å²) in [4.78, 5) is 16.1. The van der Waals surface area contributed by atoms with Crippen LogP contribution in [0, 0.1) is 0 Å². The van der Waals surface area contributed by atoms with E-state index in [-0.39, 0.29) is 0 Å². The van der Waals surface area contributed by atoms with Crippen molar-refractivity contribution in [2.75, 3.05) is 0 Å². The Hall–Kier alpha value is -13.5. The first-order chi connectivity index (χ1) is 51.0. The van der Waals surface area contributed by atoms with Crippen LogP contribution in [0.1, 0.15) is 22.3 Å². The molecular weight excluding hydrogens is 1240 g/mol. The first kappa shape index (κ1) is 60.7. The molecule has 480 valence electrons. The van der Waals surface area contributed by atoms with Crippen molar-refractivity contribution in [3.8, 4) is 168 Å². The van der Waals surface area contributed by atoms with Crippen molar-refractivity contribution in [1.82, 2.24) is 15.0 Å². The van der Waals surface area contributed by atoms with E-state index in [1.807, 2.05) is 0 Å². The summed E-state index contributed by atoms with van der Waals surface area (Å²) in [5, 5.41) is 0. The average molecular weight is 1310 g/mol. The standard InChI is InChI=1S/C100H65N3/c1-3-22-66(23-4-1)70-26-13-29-73(56-70)76-32-16-33-77(59-76)75-31-15-28-72(58-75)68-50-52-69(53-51-68)97-101-98(87-42-20-40-84(63-87)81-37-17-34-78(60-81)74-30-14-27-71(57-74)67-24-5-2-6-25-67)103-99(102-97)88-43-21-41-85(64-88)82-38-18-35-79(61-82)80-36-19-39-83(62-80)86-54-55-92-91-46-9-12-49-95(91)100(96(92)65-86)93-47-10-7-44-89(93)90-45-8-11-48-94(90)100/h1-65H. The Balaban J connectivity index is 0.657. The van der Waals surface area contributed by atoms with Crippen molar-refractivity contribution in [3.63, 3.8) is 0 Å². The highest BCUT2D eigenvalue weighted by Gasteiger charge is 2.51. The molecular formula is C100H65N3. The Bertz CT molecular complexity index is 6060. The van der Waals surface area contributed by atoms with E-state index in [1.54, 1.807) is 0 Å². The number of benzene rings is 16. The van der Waals surface area contributed by atoms with Gasteiger partial charge in [-0.15, -0.1) is 0 Å². The van der Waals surface area contributed by atoms with Crippen LogP contribution < -0.4 is 0 Å². The van der Waals surface area contributed by atoms with Gasteiger partial charge in [0.15, 0.2) is 17.5 Å². The Morgan fingerprint density at radius 3 is 0.631 bits per heavy atom. The predicted molar refractivity (Wildman–Crippen MR) is 427 cm³/mol. The molecule has 16 aromatic carbocycles. The minimum atomic E-state index is -0.413. The second-order valence-corrected chi connectivity index (χ2v) is 27.0. The fourth-order valence-electron chi connectivity index (χ4n) is 15.9. The molecule has 0 radical (unpaired) electrons. The number of hydrogen-bond donors (Lipinski definition) is 0. The summed E-state index contributed by atoms with van der Waals surface area (Å²) in [6.07, 6.45) is 0. The molecule has 103 heavy (non-hydrogen) atoms. The number of nitrogens with zero attached hydrogens (tertiary/aromatic N) is 3. The van der Waals surface area contributed by atoms with Crippen LogP contribution in [0.2, 0.25) is 0 Å². The summed E-state index contributed by atoms with van der Waals surface area (Å²) in [6.45, 7) is 0. The molecule has 0 atom stereocenters. The first-order valence-electron chi connectivity index (χ1n) is 35.3. The van der Waals surface area contributed by atoms with Crippen LogP contribution in [0.25, 0.3) is 168 Å².